The number of benzene rings is 1. The molecule has 1 aromatic carbocycles. The van der Waals surface area contributed by atoms with Crippen LogP contribution in [0, 0.1) is 5.92 Å². The summed E-state index contributed by atoms with van der Waals surface area (Å²) < 4.78 is 66.1. The topological polar surface area (TPSA) is 46.2 Å². The molecule has 0 heterocycles. The fourth-order valence-electron chi connectivity index (χ4n) is 2.59. The summed E-state index contributed by atoms with van der Waals surface area (Å²) in [4.78, 5) is -0.0449. The molecule has 0 amide bonds. The van der Waals surface area contributed by atoms with Gasteiger partial charge in [-0.1, -0.05) is 25.0 Å². The van der Waals surface area contributed by atoms with E-state index in [0.29, 0.717) is 17.3 Å². The van der Waals surface area contributed by atoms with Crippen LogP contribution in [0.1, 0.15) is 25.7 Å². The maximum atomic E-state index is 13.0. The molecule has 2 atom stereocenters. The highest BCUT2D eigenvalue weighted by Gasteiger charge is 2.46. The SMILES string of the molecule is O=S(=O)(NC1CCCCC1C(F)(F)F)c1ccccc1Br. The van der Waals surface area contributed by atoms with Gasteiger partial charge in [-0.05, 0) is 40.9 Å². The van der Waals surface area contributed by atoms with E-state index in [9.17, 15) is 21.6 Å². The third-order valence-electron chi connectivity index (χ3n) is 3.62. The lowest BCUT2D eigenvalue weighted by Gasteiger charge is -2.33. The van der Waals surface area contributed by atoms with E-state index in [0.717, 1.165) is 0 Å². The molecule has 21 heavy (non-hydrogen) atoms. The van der Waals surface area contributed by atoms with Crippen molar-refractivity contribution in [3.63, 3.8) is 0 Å². The van der Waals surface area contributed by atoms with Crippen LogP contribution in [0.3, 0.4) is 0 Å². The number of halogens is 4. The summed E-state index contributed by atoms with van der Waals surface area (Å²) in [6, 6.07) is 4.97. The normalized spacial score (nSPS) is 24.0. The molecule has 1 fully saturated rings. The highest BCUT2D eigenvalue weighted by atomic mass is 79.9. The lowest BCUT2D eigenvalue weighted by Crippen LogP contribution is -2.47. The minimum atomic E-state index is -4.39. The standard InChI is InChI=1S/C13H15BrF3NO2S/c14-10-6-2-4-8-12(10)21(19,20)18-11-7-3-1-5-9(11)13(15,16)17/h2,4,6,8-9,11,18H,1,3,5,7H2. The summed E-state index contributed by atoms with van der Waals surface area (Å²) in [5.74, 6) is -1.62. The molecule has 118 valence electrons. The van der Waals surface area contributed by atoms with E-state index in [-0.39, 0.29) is 17.7 Å². The van der Waals surface area contributed by atoms with Crippen LogP contribution in [0.2, 0.25) is 0 Å². The Bertz CT molecular complexity index is 604. The van der Waals surface area contributed by atoms with Gasteiger partial charge in [0.2, 0.25) is 10.0 Å². The van der Waals surface area contributed by atoms with Gasteiger partial charge in [-0.25, -0.2) is 13.1 Å². The van der Waals surface area contributed by atoms with Gasteiger partial charge in [0.1, 0.15) is 0 Å². The molecule has 0 spiro atoms. The fraction of sp³-hybridized carbons (Fsp3) is 0.538. The molecule has 1 N–H and O–H groups in total. The largest absolute Gasteiger partial charge is 0.393 e. The van der Waals surface area contributed by atoms with E-state index in [1.165, 1.54) is 18.2 Å². The second-order valence-corrected chi connectivity index (χ2v) is 7.63. The van der Waals surface area contributed by atoms with Gasteiger partial charge in [0, 0.05) is 10.5 Å². The Hall–Kier alpha value is -0.600. The molecule has 1 aliphatic rings. The van der Waals surface area contributed by atoms with Crippen molar-refractivity contribution >= 4 is 26.0 Å². The number of alkyl halides is 3. The number of rotatable bonds is 3. The maximum absolute atomic E-state index is 13.0. The quantitative estimate of drug-likeness (QED) is 0.858. The van der Waals surface area contributed by atoms with Crippen molar-refractivity contribution in [1.82, 2.24) is 4.72 Å². The Labute approximate surface area is 130 Å². The lowest BCUT2D eigenvalue weighted by molar-refractivity contribution is -0.187. The van der Waals surface area contributed by atoms with Crippen LogP contribution in [0.15, 0.2) is 33.6 Å². The number of sulfonamides is 1. The molecule has 0 radical (unpaired) electrons. The van der Waals surface area contributed by atoms with E-state index < -0.39 is 28.2 Å². The third kappa shape index (κ3) is 3.98. The van der Waals surface area contributed by atoms with E-state index >= 15 is 0 Å². The molecule has 0 saturated heterocycles. The van der Waals surface area contributed by atoms with E-state index in [2.05, 4.69) is 20.7 Å². The van der Waals surface area contributed by atoms with Gasteiger partial charge in [0.25, 0.3) is 0 Å². The smallest absolute Gasteiger partial charge is 0.207 e. The minimum Gasteiger partial charge on any atom is -0.207 e. The first-order valence-electron chi connectivity index (χ1n) is 6.55. The Kier molecular flexibility index (Phi) is 4.99. The van der Waals surface area contributed by atoms with Crippen molar-refractivity contribution in [1.29, 1.82) is 0 Å². The molecule has 2 rings (SSSR count). The first kappa shape index (κ1) is 16.8. The summed E-state index contributed by atoms with van der Waals surface area (Å²) in [5.41, 5.74) is 0. The van der Waals surface area contributed by atoms with Crippen LogP contribution < -0.4 is 4.72 Å². The summed E-state index contributed by atoms with van der Waals surface area (Å²) in [5, 5.41) is 0. The highest BCUT2D eigenvalue weighted by Crippen LogP contribution is 2.38. The summed E-state index contributed by atoms with van der Waals surface area (Å²) in [6.45, 7) is 0. The predicted molar refractivity (Wildman–Crippen MR) is 76.3 cm³/mol. The molecule has 1 aromatic rings. The predicted octanol–water partition coefficient (Wildman–Crippen LogP) is 3.85. The van der Waals surface area contributed by atoms with Crippen molar-refractivity contribution in [3.05, 3.63) is 28.7 Å². The van der Waals surface area contributed by atoms with E-state index in [1.54, 1.807) is 6.07 Å². The Morgan fingerprint density at radius 1 is 1.14 bits per heavy atom. The maximum Gasteiger partial charge on any atom is 0.393 e. The zero-order chi connectivity index (χ0) is 15.7. The molecule has 3 nitrogen and oxygen atoms in total. The van der Waals surface area contributed by atoms with Gasteiger partial charge in [-0.2, -0.15) is 13.2 Å². The van der Waals surface area contributed by atoms with Crippen LogP contribution >= 0.6 is 15.9 Å². The van der Waals surface area contributed by atoms with Gasteiger partial charge >= 0.3 is 6.18 Å². The molecular weight excluding hydrogens is 371 g/mol. The zero-order valence-corrected chi connectivity index (χ0v) is 13.4. The van der Waals surface area contributed by atoms with Gasteiger partial charge in [-0.15, -0.1) is 0 Å². The van der Waals surface area contributed by atoms with E-state index in [4.69, 9.17) is 0 Å². The lowest BCUT2D eigenvalue weighted by atomic mass is 9.85. The van der Waals surface area contributed by atoms with Gasteiger partial charge in [0.15, 0.2) is 0 Å². The summed E-state index contributed by atoms with van der Waals surface area (Å²) >= 11 is 3.11. The first-order chi connectivity index (χ1) is 9.72. The van der Waals surface area contributed by atoms with Crippen LogP contribution in [0.4, 0.5) is 13.2 Å². The zero-order valence-electron chi connectivity index (χ0n) is 11.0. The Balaban J connectivity index is 2.25. The average molecular weight is 386 g/mol. The molecule has 0 bridgehead atoms. The van der Waals surface area contributed by atoms with Crippen molar-refractivity contribution in [2.24, 2.45) is 5.92 Å². The molecule has 1 aliphatic carbocycles. The first-order valence-corrected chi connectivity index (χ1v) is 8.83. The average Bonchev–Trinajstić information content (AvgIpc) is 2.38. The molecule has 8 heteroatoms. The van der Waals surface area contributed by atoms with Crippen molar-refractivity contribution in [2.45, 2.75) is 42.8 Å². The Morgan fingerprint density at radius 2 is 1.76 bits per heavy atom. The van der Waals surface area contributed by atoms with Gasteiger partial charge in [-0.3, -0.25) is 0 Å². The number of nitrogens with one attached hydrogen (secondary N) is 1. The Morgan fingerprint density at radius 3 is 2.38 bits per heavy atom. The van der Waals surface area contributed by atoms with Crippen molar-refractivity contribution in [2.75, 3.05) is 0 Å². The van der Waals surface area contributed by atoms with Gasteiger partial charge in [0.05, 0.1) is 10.8 Å². The monoisotopic (exact) mass is 385 g/mol. The van der Waals surface area contributed by atoms with Crippen LogP contribution in [-0.2, 0) is 10.0 Å². The van der Waals surface area contributed by atoms with Gasteiger partial charge < -0.3 is 0 Å². The van der Waals surface area contributed by atoms with E-state index in [1.807, 2.05) is 0 Å². The second kappa shape index (κ2) is 6.26. The third-order valence-corrected chi connectivity index (χ3v) is 6.12. The molecule has 2 unspecified atom stereocenters. The van der Waals surface area contributed by atoms with Crippen molar-refractivity contribution in [3.8, 4) is 0 Å². The highest BCUT2D eigenvalue weighted by molar-refractivity contribution is 9.10. The summed E-state index contributed by atoms with van der Waals surface area (Å²) in [7, 11) is -3.98. The minimum absolute atomic E-state index is 0.0351. The van der Waals surface area contributed by atoms with Crippen LogP contribution in [0.5, 0.6) is 0 Å². The van der Waals surface area contributed by atoms with Crippen molar-refractivity contribution < 1.29 is 21.6 Å². The second-order valence-electron chi connectivity index (χ2n) is 5.09. The molecular formula is C13H15BrF3NO2S. The molecule has 1 saturated carbocycles. The van der Waals surface area contributed by atoms with Crippen LogP contribution in [-0.4, -0.2) is 20.6 Å². The number of hydrogen-bond acceptors (Lipinski definition) is 2. The van der Waals surface area contributed by atoms with Crippen LogP contribution in [0.25, 0.3) is 0 Å². The fourth-order valence-corrected chi connectivity index (χ4v) is 4.90. The molecule has 0 aromatic heterocycles. The number of hydrogen-bond donors (Lipinski definition) is 1. The summed E-state index contributed by atoms with van der Waals surface area (Å²) in [6.07, 6.45) is -3.16. The molecule has 0 aliphatic heterocycles.